The molecule has 0 aromatic carbocycles. The van der Waals surface area contributed by atoms with E-state index in [9.17, 15) is 4.79 Å². The third-order valence-corrected chi connectivity index (χ3v) is 3.18. The number of amides is 1. The third-order valence-electron chi connectivity index (χ3n) is 3.18. The van der Waals surface area contributed by atoms with E-state index in [1.165, 1.54) is 0 Å². The summed E-state index contributed by atoms with van der Waals surface area (Å²) in [6, 6.07) is 3.72. The standard InChI is InChI=1S/C13H21N5O/c1-3-7-14-12-5-4-11(16-17-12)13(19)15-10-6-8-18(2)9-10/h4-5,10H,3,6-9H2,1-2H3,(H,14,17)(H,15,19). The highest BCUT2D eigenvalue weighted by molar-refractivity contribution is 5.92. The fourth-order valence-electron chi connectivity index (χ4n) is 2.11. The molecule has 0 spiro atoms. The van der Waals surface area contributed by atoms with Crippen molar-refractivity contribution in [3.05, 3.63) is 17.8 Å². The second kappa shape index (κ2) is 6.47. The maximum Gasteiger partial charge on any atom is 0.272 e. The Morgan fingerprint density at radius 2 is 2.32 bits per heavy atom. The van der Waals surface area contributed by atoms with Crippen molar-refractivity contribution in [3.63, 3.8) is 0 Å². The lowest BCUT2D eigenvalue weighted by atomic mass is 10.2. The van der Waals surface area contributed by atoms with Crippen LogP contribution in [0.15, 0.2) is 12.1 Å². The van der Waals surface area contributed by atoms with Crippen LogP contribution in [0.5, 0.6) is 0 Å². The molecule has 1 unspecified atom stereocenters. The lowest BCUT2D eigenvalue weighted by Crippen LogP contribution is -2.37. The van der Waals surface area contributed by atoms with Gasteiger partial charge in [0.25, 0.3) is 5.91 Å². The van der Waals surface area contributed by atoms with Gasteiger partial charge in [-0.15, -0.1) is 10.2 Å². The SMILES string of the molecule is CCCNc1ccc(C(=O)NC2CCN(C)C2)nn1. The zero-order valence-electron chi connectivity index (χ0n) is 11.5. The van der Waals surface area contributed by atoms with Crippen LogP contribution in [0.1, 0.15) is 30.3 Å². The summed E-state index contributed by atoms with van der Waals surface area (Å²) in [6.45, 7) is 4.86. The van der Waals surface area contributed by atoms with Gasteiger partial charge in [0.2, 0.25) is 0 Å². The first-order valence-electron chi connectivity index (χ1n) is 6.76. The molecule has 1 aliphatic rings. The van der Waals surface area contributed by atoms with Crippen molar-refractivity contribution >= 4 is 11.7 Å². The Labute approximate surface area is 113 Å². The molecular formula is C13H21N5O. The quantitative estimate of drug-likeness (QED) is 0.819. The fourth-order valence-corrected chi connectivity index (χ4v) is 2.11. The van der Waals surface area contributed by atoms with Crippen molar-refractivity contribution in [3.8, 4) is 0 Å². The van der Waals surface area contributed by atoms with Gasteiger partial charge in [0.05, 0.1) is 0 Å². The first kappa shape index (κ1) is 13.7. The molecule has 6 nitrogen and oxygen atoms in total. The minimum absolute atomic E-state index is 0.144. The molecule has 0 bridgehead atoms. The van der Waals surface area contributed by atoms with Crippen LogP contribution in [-0.2, 0) is 0 Å². The van der Waals surface area contributed by atoms with Crippen LogP contribution in [0, 0.1) is 0 Å². The molecule has 2 N–H and O–H groups in total. The van der Waals surface area contributed by atoms with Gasteiger partial charge in [0.15, 0.2) is 5.69 Å². The number of nitrogens with one attached hydrogen (secondary N) is 2. The van der Waals surface area contributed by atoms with Crippen LogP contribution in [0.25, 0.3) is 0 Å². The first-order valence-corrected chi connectivity index (χ1v) is 6.76. The number of hydrogen-bond acceptors (Lipinski definition) is 5. The van der Waals surface area contributed by atoms with E-state index >= 15 is 0 Å². The molecule has 1 fully saturated rings. The molecular weight excluding hydrogens is 242 g/mol. The predicted octanol–water partition coefficient (Wildman–Crippen LogP) is 0.732. The Bertz CT molecular complexity index is 420. The molecule has 1 aromatic rings. The summed E-state index contributed by atoms with van der Waals surface area (Å²) >= 11 is 0. The maximum atomic E-state index is 12.0. The van der Waals surface area contributed by atoms with Crippen LogP contribution in [0.2, 0.25) is 0 Å². The summed E-state index contributed by atoms with van der Waals surface area (Å²) in [5.41, 5.74) is 0.372. The highest BCUT2D eigenvalue weighted by Crippen LogP contribution is 2.07. The second-order valence-corrected chi connectivity index (χ2v) is 4.95. The summed E-state index contributed by atoms with van der Waals surface area (Å²) < 4.78 is 0. The van der Waals surface area contributed by atoms with Gasteiger partial charge >= 0.3 is 0 Å². The van der Waals surface area contributed by atoms with E-state index in [-0.39, 0.29) is 11.9 Å². The molecule has 0 saturated carbocycles. The Kier molecular flexibility index (Phi) is 4.68. The number of aromatic nitrogens is 2. The third kappa shape index (κ3) is 3.89. The molecule has 104 valence electrons. The number of hydrogen-bond donors (Lipinski definition) is 2. The molecule has 2 rings (SSSR count). The number of carbonyl (C=O) groups is 1. The van der Waals surface area contributed by atoms with E-state index in [2.05, 4.69) is 39.7 Å². The Hall–Kier alpha value is -1.69. The van der Waals surface area contributed by atoms with Gasteiger partial charge in [0.1, 0.15) is 5.82 Å². The molecule has 0 aliphatic carbocycles. The van der Waals surface area contributed by atoms with E-state index in [4.69, 9.17) is 0 Å². The highest BCUT2D eigenvalue weighted by atomic mass is 16.2. The Balaban J connectivity index is 1.88. The Morgan fingerprint density at radius 3 is 2.89 bits per heavy atom. The molecule has 1 amide bonds. The van der Waals surface area contributed by atoms with E-state index in [0.717, 1.165) is 32.5 Å². The van der Waals surface area contributed by atoms with Gasteiger partial charge in [0, 0.05) is 19.1 Å². The first-order chi connectivity index (χ1) is 9.19. The van der Waals surface area contributed by atoms with E-state index < -0.39 is 0 Å². The van der Waals surface area contributed by atoms with Crippen molar-refractivity contribution in [2.75, 3.05) is 32.0 Å². The van der Waals surface area contributed by atoms with Gasteiger partial charge in [-0.05, 0) is 38.6 Å². The molecule has 2 heterocycles. The number of likely N-dealkylation sites (N-methyl/N-ethyl adjacent to an activating group) is 1. The second-order valence-electron chi connectivity index (χ2n) is 4.95. The molecule has 0 radical (unpaired) electrons. The average molecular weight is 263 g/mol. The number of nitrogens with zero attached hydrogens (tertiary/aromatic N) is 3. The van der Waals surface area contributed by atoms with Gasteiger partial charge in [-0.25, -0.2) is 0 Å². The molecule has 6 heteroatoms. The van der Waals surface area contributed by atoms with Crippen LogP contribution < -0.4 is 10.6 Å². The van der Waals surface area contributed by atoms with Crippen molar-refractivity contribution in [1.82, 2.24) is 20.4 Å². The molecule has 1 atom stereocenters. The fraction of sp³-hybridized carbons (Fsp3) is 0.615. The largest absolute Gasteiger partial charge is 0.369 e. The summed E-state index contributed by atoms with van der Waals surface area (Å²) in [4.78, 5) is 14.2. The summed E-state index contributed by atoms with van der Waals surface area (Å²) in [5.74, 6) is 0.564. The minimum Gasteiger partial charge on any atom is -0.369 e. The zero-order valence-corrected chi connectivity index (χ0v) is 11.5. The number of likely N-dealkylation sites (tertiary alicyclic amines) is 1. The van der Waals surface area contributed by atoms with Crippen molar-refractivity contribution in [2.24, 2.45) is 0 Å². The van der Waals surface area contributed by atoms with Crippen LogP contribution in [0.4, 0.5) is 5.82 Å². The van der Waals surface area contributed by atoms with E-state index in [0.29, 0.717) is 11.5 Å². The summed E-state index contributed by atoms with van der Waals surface area (Å²) in [6.07, 6.45) is 2.02. The maximum absolute atomic E-state index is 12.0. The molecule has 19 heavy (non-hydrogen) atoms. The van der Waals surface area contributed by atoms with Crippen molar-refractivity contribution < 1.29 is 4.79 Å². The number of anilines is 1. The molecule has 1 aliphatic heterocycles. The Morgan fingerprint density at radius 1 is 1.47 bits per heavy atom. The van der Waals surface area contributed by atoms with Gasteiger partial charge < -0.3 is 15.5 Å². The van der Waals surface area contributed by atoms with Crippen LogP contribution in [0.3, 0.4) is 0 Å². The number of carbonyl (C=O) groups excluding carboxylic acids is 1. The van der Waals surface area contributed by atoms with Crippen molar-refractivity contribution in [2.45, 2.75) is 25.8 Å². The van der Waals surface area contributed by atoms with Gasteiger partial charge in [-0.2, -0.15) is 0 Å². The molecule has 1 aromatic heterocycles. The predicted molar refractivity (Wildman–Crippen MR) is 74.2 cm³/mol. The average Bonchev–Trinajstić information content (AvgIpc) is 2.82. The lowest BCUT2D eigenvalue weighted by Gasteiger charge is -2.12. The minimum atomic E-state index is -0.144. The van der Waals surface area contributed by atoms with E-state index in [1.807, 2.05) is 0 Å². The monoisotopic (exact) mass is 263 g/mol. The number of rotatable bonds is 5. The van der Waals surface area contributed by atoms with Crippen LogP contribution in [-0.4, -0.2) is 53.7 Å². The van der Waals surface area contributed by atoms with Crippen LogP contribution >= 0.6 is 0 Å². The summed E-state index contributed by atoms with van der Waals surface area (Å²) in [7, 11) is 2.06. The molecule has 1 saturated heterocycles. The zero-order chi connectivity index (χ0) is 13.7. The topological polar surface area (TPSA) is 70.2 Å². The van der Waals surface area contributed by atoms with E-state index in [1.54, 1.807) is 12.1 Å². The van der Waals surface area contributed by atoms with Gasteiger partial charge in [-0.3, -0.25) is 4.79 Å². The normalized spacial score (nSPS) is 19.4. The van der Waals surface area contributed by atoms with Crippen molar-refractivity contribution in [1.29, 1.82) is 0 Å². The highest BCUT2D eigenvalue weighted by Gasteiger charge is 2.22. The lowest BCUT2D eigenvalue weighted by molar-refractivity contribution is 0.0932. The smallest absolute Gasteiger partial charge is 0.272 e. The summed E-state index contributed by atoms with van der Waals surface area (Å²) in [5, 5.41) is 14.1. The van der Waals surface area contributed by atoms with Gasteiger partial charge in [-0.1, -0.05) is 6.92 Å².